The summed E-state index contributed by atoms with van der Waals surface area (Å²) < 4.78 is 4.90. The first kappa shape index (κ1) is 23.4. The summed E-state index contributed by atoms with van der Waals surface area (Å²) in [7, 11) is 0. The molecule has 0 unspecified atom stereocenters. The fourth-order valence-electron chi connectivity index (χ4n) is 8.15. The van der Waals surface area contributed by atoms with E-state index in [1.54, 1.807) is 0 Å². The van der Waals surface area contributed by atoms with Gasteiger partial charge < -0.3 is 13.7 Å². The molecule has 208 valence electrons. The molecular weight excluding hydrogens is 546 g/mol. The van der Waals surface area contributed by atoms with Crippen LogP contribution in [0.1, 0.15) is 0 Å². The molecule has 0 fully saturated rings. The van der Waals surface area contributed by atoms with E-state index in [1.165, 1.54) is 76.2 Å². The number of nitrogens with zero attached hydrogens (tertiary/aromatic N) is 3. The van der Waals surface area contributed by atoms with Crippen molar-refractivity contribution in [2.75, 3.05) is 4.90 Å². The molecule has 0 N–H and O–H groups in total. The Morgan fingerprint density at radius 1 is 0.289 bits per heavy atom. The molecular formula is C42H25N3. The van der Waals surface area contributed by atoms with Crippen molar-refractivity contribution in [3.63, 3.8) is 0 Å². The summed E-state index contributed by atoms with van der Waals surface area (Å²) in [5, 5.41) is 10.2. The Kier molecular flexibility index (Phi) is 4.32. The van der Waals surface area contributed by atoms with Crippen LogP contribution >= 0.6 is 0 Å². The molecule has 0 spiro atoms. The number of aromatic nitrogens is 2. The van der Waals surface area contributed by atoms with E-state index in [0.29, 0.717) is 0 Å². The number of hydrogen-bond donors (Lipinski definition) is 0. The highest BCUT2D eigenvalue weighted by atomic mass is 15.1. The highest BCUT2D eigenvalue weighted by Crippen LogP contribution is 2.47. The van der Waals surface area contributed by atoms with Crippen molar-refractivity contribution >= 4 is 93.3 Å². The number of hydrogen-bond acceptors (Lipinski definition) is 1. The van der Waals surface area contributed by atoms with E-state index in [1.807, 2.05) is 0 Å². The standard InChI is InChI=1S/C42H25N3/c1-2-12-26(13-3-1)43(27-22-33-29-14-4-8-18-37(29)44-38-19-9-5-15-30(38)34(23-27)41(33)44)28-24-35-31-16-6-10-20-39(31)45-40-21-11-7-17-32(40)36(25-28)42(35)45/h1-25H. The van der Waals surface area contributed by atoms with Gasteiger partial charge in [-0.25, -0.2) is 0 Å². The molecule has 0 atom stereocenters. The predicted octanol–water partition coefficient (Wildman–Crippen LogP) is 11.5. The van der Waals surface area contributed by atoms with Crippen molar-refractivity contribution in [2.24, 2.45) is 0 Å². The van der Waals surface area contributed by atoms with Crippen molar-refractivity contribution in [3.8, 4) is 0 Å². The van der Waals surface area contributed by atoms with Gasteiger partial charge in [0.25, 0.3) is 0 Å². The second-order valence-corrected chi connectivity index (χ2v) is 12.2. The lowest BCUT2D eigenvalue weighted by Gasteiger charge is -2.26. The summed E-state index contributed by atoms with van der Waals surface area (Å²) in [6.45, 7) is 0. The molecule has 0 aliphatic rings. The predicted molar refractivity (Wildman–Crippen MR) is 190 cm³/mol. The molecule has 0 bridgehead atoms. The summed E-state index contributed by atoms with van der Waals surface area (Å²) in [4.78, 5) is 2.45. The zero-order chi connectivity index (χ0) is 29.2. The quantitative estimate of drug-likeness (QED) is 0.205. The first-order valence-corrected chi connectivity index (χ1v) is 15.5. The third-order valence-electron chi connectivity index (χ3n) is 9.91. The molecule has 4 heterocycles. The van der Waals surface area contributed by atoms with Crippen LogP contribution in [0.25, 0.3) is 76.2 Å². The van der Waals surface area contributed by atoms with Crippen molar-refractivity contribution in [3.05, 3.63) is 152 Å². The minimum atomic E-state index is 1.14. The molecule has 3 heteroatoms. The molecule has 7 aromatic carbocycles. The SMILES string of the molecule is c1ccc(N(c2cc3c4ccccc4n4c5ccccc5c(c2)c34)c2cc3c4ccccc4n4c5ccccc5c(c2)c34)cc1. The van der Waals surface area contributed by atoms with E-state index in [0.717, 1.165) is 17.1 Å². The van der Waals surface area contributed by atoms with E-state index < -0.39 is 0 Å². The number of para-hydroxylation sites is 5. The van der Waals surface area contributed by atoms with Gasteiger partial charge in [-0.15, -0.1) is 0 Å². The van der Waals surface area contributed by atoms with Crippen LogP contribution in [0.15, 0.2) is 152 Å². The van der Waals surface area contributed by atoms with Crippen molar-refractivity contribution in [1.29, 1.82) is 0 Å². The van der Waals surface area contributed by atoms with E-state index >= 15 is 0 Å². The third kappa shape index (κ3) is 2.90. The van der Waals surface area contributed by atoms with Crippen LogP contribution in [0.2, 0.25) is 0 Å². The molecule has 0 saturated carbocycles. The summed E-state index contributed by atoms with van der Waals surface area (Å²) in [5.41, 5.74) is 11.0. The Morgan fingerprint density at radius 2 is 0.600 bits per heavy atom. The maximum absolute atomic E-state index is 2.45. The molecule has 0 aliphatic heterocycles. The molecule has 11 aromatic rings. The van der Waals surface area contributed by atoms with Gasteiger partial charge in [0, 0.05) is 60.2 Å². The topological polar surface area (TPSA) is 12.1 Å². The van der Waals surface area contributed by atoms with E-state index in [2.05, 4.69) is 165 Å². The number of rotatable bonds is 3. The first-order chi connectivity index (χ1) is 22.3. The van der Waals surface area contributed by atoms with Gasteiger partial charge in [-0.1, -0.05) is 91.0 Å². The van der Waals surface area contributed by atoms with Gasteiger partial charge in [-0.3, -0.25) is 0 Å². The zero-order valence-corrected chi connectivity index (χ0v) is 24.3. The molecule has 11 rings (SSSR count). The van der Waals surface area contributed by atoms with Gasteiger partial charge in [0.05, 0.1) is 33.1 Å². The summed E-state index contributed by atoms with van der Waals surface area (Å²) in [6.07, 6.45) is 0. The molecule has 0 amide bonds. The van der Waals surface area contributed by atoms with Crippen molar-refractivity contribution in [2.45, 2.75) is 0 Å². The third-order valence-corrected chi connectivity index (χ3v) is 9.91. The molecule has 45 heavy (non-hydrogen) atoms. The second-order valence-electron chi connectivity index (χ2n) is 12.2. The van der Waals surface area contributed by atoms with E-state index in [-0.39, 0.29) is 0 Å². The highest BCUT2D eigenvalue weighted by Gasteiger charge is 2.24. The maximum Gasteiger partial charge on any atom is 0.0622 e. The van der Waals surface area contributed by atoms with Crippen LogP contribution in [-0.2, 0) is 0 Å². The molecule has 0 saturated heterocycles. The normalized spacial score (nSPS) is 12.4. The lowest BCUT2D eigenvalue weighted by molar-refractivity contribution is 1.30. The van der Waals surface area contributed by atoms with E-state index in [4.69, 9.17) is 0 Å². The monoisotopic (exact) mass is 571 g/mol. The Bertz CT molecular complexity index is 2580. The zero-order valence-electron chi connectivity index (χ0n) is 24.3. The lowest BCUT2D eigenvalue weighted by Crippen LogP contribution is -2.09. The molecule has 4 aromatic heterocycles. The van der Waals surface area contributed by atoms with Gasteiger partial charge in [0.15, 0.2) is 0 Å². The Balaban J connectivity index is 1.30. The Hall–Kier alpha value is -6.06. The average molecular weight is 572 g/mol. The molecule has 0 aliphatic carbocycles. The minimum absolute atomic E-state index is 1.14. The van der Waals surface area contributed by atoms with Crippen molar-refractivity contribution in [1.82, 2.24) is 8.80 Å². The van der Waals surface area contributed by atoms with Crippen LogP contribution in [-0.4, -0.2) is 8.80 Å². The highest BCUT2D eigenvalue weighted by molar-refractivity contribution is 6.26. The van der Waals surface area contributed by atoms with Crippen molar-refractivity contribution < 1.29 is 0 Å². The lowest BCUT2D eigenvalue weighted by atomic mass is 10.0. The number of anilines is 3. The van der Waals surface area contributed by atoms with Crippen LogP contribution in [0.4, 0.5) is 17.1 Å². The summed E-state index contributed by atoms with van der Waals surface area (Å²) in [5.74, 6) is 0. The van der Waals surface area contributed by atoms with Gasteiger partial charge in [0.1, 0.15) is 0 Å². The van der Waals surface area contributed by atoms with Gasteiger partial charge in [-0.2, -0.15) is 0 Å². The van der Waals surface area contributed by atoms with Gasteiger partial charge in [0.2, 0.25) is 0 Å². The fourth-order valence-corrected chi connectivity index (χ4v) is 8.15. The fraction of sp³-hybridized carbons (Fsp3) is 0. The van der Waals surface area contributed by atoms with E-state index in [9.17, 15) is 0 Å². The van der Waals surface area contributed by atoms with Crippen LogP contribution < -0.4 is 4.90 Å². The van der Waals surface area contributed by atoms with Gasteiger partial charge >= 0.3 is 0 Å². The number of benzene rings is 7. The first-order valence-electron chi connectivity index (χ1n) is 15.5. The largest absolute Gasteiger partial charge is 0.310 e. The smallest absolute Gasteiger partial charge is 0.0622 e. The number of fused-ring (bicyclic) bond motifs is 12. The van der Waals surface area contributed by atoms with Crippen LogP contribution in [0.5, 0.6) is 0 Å². The second kappa shape index (κ2) is 8.31. The van der Waals surface area contributed by atoms with Gasteiger partial charge in [-0.05, 0) is 60.7 Å². The Labute approximate surface area is 258 Å². The van der Waals surface area contributed by atoms with Crippen LogP contribution in [0, 0.1) is 0 Å². The summed E-state index contributed by atoms with van der Waals surface area (Å²) in [6, 6.07) is 55.7. The Morgan fingerprint density at radius 3 is 0.956 bits per heavy atom. The molecule has 3 nitrogen and oxygen atoms in total. The minimum Gasteiger partial charge on any atom is -0.310 e. The molecule has 0 radical (unpaired) electrons. The van der Waals surface area contributed by atoms with Crippen LogP contribution in [0.3, 0.4) is 0 Å². The average Bonchev–Trinajstić information content (AvgIpc) is 3.82. The summed E-state index contributed by atoms with van der Waals surface area (Å²) >= 11 is 0. The maximum atomic E-state index is 2.45.